The molecule has 0 fully saturated rings. The number of carbonyl (C=O) groups is 1. The lowest BCUT2D eigenvalue weighted by molar-refractivity contribution is -0.118. The van der Waals surface area contributed by atoms with Crippen molar-refractivity contribution in [1.82, 2.24) is 5.32 Å². The van der Waals surface area contributed by atoms with Crippen LogP contribution in [0, 0.1) is 0 Å². The Hall–Kier alpha value is -1.00. The van der Waals surface area contributed by atoms with Gasteiger partial charge in [0.15, 0.2) is 0 Å². The van der Waals surface area contributed by atoms with Crippen LogP contribution in [0.5, 0.6) is 0 Å². The number of rotatable bonds is 8. The van der Waals surface area contributed by atoms with Crippen LogP contribution in [0.1, 0.15) is 31.7 Å². The van der Waals surface area contributed by atoms with Gasteiger partial charge < -0.3 is 10.4 Å². The first-order valence-electron chi connectivity index (χ1n) is 6.67. The Morgan fingerprint density at radius 2 is 2.00 bits per heavy atom. The highest BCUT2D eigenvalue weighted by Gasteiger charge is 2.09. The van der Waals surface area contributed by atoms with Gasteiger partial charge in [-0.25, -0.2) is 0 Å². The first-order valence-corrected chi connectivity index (χ1v) is 7.72. The average molecular weight is 281 g/mol. The Bertz CT molecular complexity index is 370. The van der Waals surface area contributed by atoms with Crippen LogP contribution >= 0.6 is 11.8 Å². The number of aliphatic hydroxyl groups is 1. The molecule has 0 saturated heterocycles. The number of benzene rings is 1. The monoisotopic (exact) mass is 281 g/mol. The number of thioether (sulfide) groups is 1. The topological polar surface area (TPSA) is 49.3 Å². The van der Waals surface area contributed by atoms with Crippen molar-refractivity contribution in [3.8, 4) is 0 Å². The lowest BCUT2D eigenvalue weighted by Gasteiger charge is -2.14. The van der Waals surface area contributed by atoms with Crippen molar-refractivity contribution in [1.29, 1.82) is 0 Å². The summed E-state index contributed by atoms with van der Waals surface area (Å²) >= 11 is 1.58. The molecule has 1 aromatic carbocycles. The summed E-state index contributed by atoms with van der Waals surface area (Å²) in [4.78, 5) is 11.7. The second-order valence-corrected chi connectivity index (χ2v) is 6.18. The van der Waals surface area contributed by atoms with Crippen LogP contribution in [0.3, 0.4) is 0 Å². The van der Waals surface area contributed by atoms with E-state index in [1.54, 1.807) is 11.8 Å². The summed E-state index contributed by atoms with van der Waals surface area (Å²) < 4.78 is 0. The van der Waals surface area contributed by atoms with Gasteiger partial charge in [-0.3, -0.25) is 4.79 Å². The van der Waals surface area contributed by atoms with Crippen LogP contribution in [0.25, 0.3) is 0 Å². The summed E-state index contributed by atoms with van der Waals surface area (Å²) in [6.45, 7) is 4.98. The fourth-order valence-corrected chi connectivity index (χ4v) is 2.51. The van der Waals surface area contributed by atoms with E-state index >= 15 is 0 Å². The van der Waals surface area contributed by atoms with Crippen molar-refractivity contribution >= 4 is 17.7 Å². The number of aliphatic hydroxyl groups excluding tert-OH is 1. The highest BCUT2D eigenvalue weighted by Crippen LogP contribution is 2.14. The number of carbonyl (C=O) groups excluding carboxylic acids is 1. The molecule has 1 amide bonds. The zero-order valence-electron chi connectivity index (χ0n) is 11.6. The molecule has 106 valence electrons. The van der Waals surface area contributed by atoms with Crippen molar-refractivity contribution in [2.75, 3.05) is 18.9 Å². The van der Waals surface area contributed by atoms with Crippen molar-refractivity contribution in [2.24, 2.45) is 0 Å². The third-order valence-corrected chi connectivity index (χ3v) is 4.24. The molecule has 0 aliphatic rings. The number of hydrogen-bond donors (Lipinski definition) is 2. The highest BCUT2D eigenvalue weighted by atomic mass is 32.2. The Labute approximate surface area is 119 Å². The van der Waals surface area contributed by atoms with Gasteiger partial charge in [0.2, 0.25) is 5.91 Å². The zero-order chi connectivity index (χ0) is 14.1. The van der Waals surface area contributed by atoms with E-state index in [4.69, 9.17) is 5.11 Å². The van der Waals surface area contributed by atoms with Gasteiger partial charge in [0.25, 0.3) is 0 Å². The van der Waals surface area contributed by atoms with E-state index in [0.717, 1.165) is 6.42 Å². The summed E-state index contributed by atoms with van der Waals surface area (Å²) in [5, 5.41) is 12.1. The Morgan fingerprint density at radius 1 is 1.32 bits per heavy atom. The van der Waals surface area contributed by atoms with Gasteiger partial charge in [-0.15, -0.1) is 11.8 Å². The highest BCUT2D eigenvalue weighted by molar-refractivity contribution is 8.00. The second kappa shape index (κ2) is 8.99. The molecule has 19 heavy (non-hydrogen) atoms. The Morgan fingerprint density at radius 3 is 2.63 bits per heavy atom. The minimum Gasteiger partial charge on any atom is -0.396 e. The minimum atomic E-state index is 0.0672. The predicted octanol–water partition coefficient (Wildman–Crippen LogP) is 2.41. The smallest absolute Gasteiger partial charge is 0.230 e. The quantitative estimate of drug-likeness (QED) is 0.769. The van der Waals surface area contributed by atoms with Gasteiger partial charge in [0.1, 0.15) is 0 Å². The van der Waals surface area contributed by atoms with E-state index in [9.17, 15) is 4.79 Å². The van der Waals surface area contributed by atoms with E-state index in [-0.39, 0.29) is 12.5 Å². The van der Waals surface area contributed by atoms with Crippen molar-refractivity contribution < 1.29 is 9.90 Å². The molecular formula is C15H23NO2S. The maximum absolute atomic E-state index is 11.7. The SMILES string of the molecule is CC(CCO)SCC(=O)NCC(C)c1ccccc1. The third-order valence-electron chi connectivity index (χ3n) is 3.01. The Kier molecular flexibility index (Phi) is 7.60. The molecule has 4 heteroatoms. The third kappa shape index (κ3) is 6.64. The first-order chi connectivity index (χ1) is 9.13. The van der Waals surface area contributed by atoms with E-state index in [2.05, 4.69) is 24.4 Å². The lowest BCUT2D eigenvalue weighted by Crippen LogP contribution is -2.29. The molecule has 2 atom stereocenters. The molecule has 1 aromatic rings. The molecule has 0 aromatic heterocycles. The van der Waals surface area contributed by atoms with Crippen molar-refractivity contribution in [3.63, 3.8) is 0 Å². The largest absolute Gasteiger partial charge is 0.396 e. The first kappa shape index (κ1) is 16.1. The number of hydrogen-bond acceptors (Lipinski definition) is 3. The van der Waals surface area contributed by atoms with Gasteiger partial charge >= 0.3 is 0 Å². The van der Waals surface area contributed by atoms with Gasteiger partial charge in [0.05, 0.1) is 5.75 Å². The zero-order valence-corrected chi connectivity index (χ0v) is 12.5. The van der Waals surface area contributed by atoms with E-state index < -0.39 is 0 Å². The molecule has 1 rings (SSSR count). The van der Waals surface area contributed by atoms with Crippen molar-refractivity contribution in [2.45, 2.75) is 31.4 Å². The molecule has 2 unspecified atom stereocenters. The maximum Gasteiger partial charge on any atom is 0.230 e. The number of nitrogens with one attached hydrogen (secondary N) is 1. The Balaban J connectivity index is 2.23. The molecule has 0 saturated carbocycles. The minimum absolute atomic E-state index is 0.0672. The van der Waals surface area contributed by atoms with Gasteiger partial charge in [-0.05, 0) is 17.9 Å². The molecular weight excluding hydrogens is 258 g/mol. The van der Waals surface area contributed by atoms with Crippen LogP contribution in [0.4, 0.5) is 0 Å². The summed E-state index contributed by atoms with van der Waals surface area (Å²) in [6, 6.07) is 10.2. The fraction of sp³-hybridized carbons (Fsp3) is 0.533. The van der Waals surface area contributed by atoms with E-state index in [1.165, 1.54) is 5.56 Å². The van der Waals surface area contributed by atoms with Gasteiger partial charge in [-0.1, -0.05) is 44.2 Å². The molecule has 0 spiro atoms. The van der Waals surface area contributed by atoms with E-state index in [1.807, 2.05) is 25.1 Å². The maximum atomic E-state index is 11.7. The van der Waals surface area contributed by atoms with Gasteiger partial charge in [0, 0.05) is 18.4 Å². The molecule has 0 radical (unpaired) electrons. The summed E-state index contributed by atoms with van der Waals surface area (Å²) in [7, 11) is 0. The molecule has 3 nitrogen and oxygen atoms in total. The molecule has 0 aliphatic carbocycles. The normalized spacial score (nSPS) is 13.8. The summed E-state index contributed by atoms with van der Waals surface area (Å²) in [5.41, 5.74) is 1.24. The molecule has 0 heterocycles. The fourth-order valence-electron chi connectivity index (χ4n) is 1.70. The molecule has 0 bridgehead atoms. The molecule has 2 N–H and O–H groups in total. The summed E-state index contributed by atoms with van der Waals surface area (Å²) in [6.07, 6.45) is 0.734. The summed E-state index contributed by atoms with van der Waals surface area (Å²) in [5.74, 6) is 0.852. The predicted molar refractivity (Wildman–Crippen MR) is 81.5 cm³/mol. The molecule has 0 aliphatic heterocycles. The lowest BCUT2D eigenvalue weighted by atomic mass is 10.0. The van der Waals surface area contributed by atoms with Crippen molar-refractivity contribution in [3.05, 3.63) is 35.9 Å². The van der Waals surface area contributed by atoms with Crippen LogP contribution in [-0.4, -0.2) is 35.2 Å². The number of amides is 1. The van der Waals surface area contributed by atoms with Crippen LogP contribution in [0.2, 0.25) is 0 Å². The average Bonchev–Trinajstić information content (AvgIpc) is 2.44. The van der Waals surface area contributed by atoms with Crippen LogP contribution in [0.15, 0.2) is 30.3 Å². The van der Waals surface area contributed by atoms with Crippen LogP contribution < -0.4 is 5.32 Å². The van der Waals surface area contributed by atoms with Gasteiger partial charge in [-0.2, -0.15) is 0 Å². The standard InChI is InChI=1S/C15H23NO2S/c1-12(14-6-4-3-5-7-14)10-16-15(18)11-19-13(2)8-9-17/h3-7,12-13,17H,8-11H2,1-2H3,(H,16,18). The second-order valence-electron chi connectivity index (χ2n) is 4.75. The van der Waals surface area contributed by atoms with E-state index in [0.29, 0.717) is 23.5 Å². The van der Waals surface area contributed by atoms with Crippen LogP contribution in [-0.2, 0) is 4.79 Å².